The molecule has 5 nitrogen and oxygen atoms in total. The SMILES string of the molecule is Cc1cc(C)cc(NC(=O)CSc2nnc(-c3cc4c(s3)CC[C@@H](C)C4)o2)c1. The highest BCUT2D eigenvalue weighted by Crippen LogP contribution is 2.37. The van der Waals surface area contributed by atoms with Crippen LogP contribution < -0.4 is 5.32 Å². The smallest absolute Gasteiger partial charge is 0.277 e. The van der Waals surface area contributed by atoms with Crippen molar-refractivity contribution < 1.29 is 9.21 Å². The van der Waals surface area contributed by atoms with E-state index >= 15 is 0 Å². The summed E-state index contributed by atoms with van der Waals surface area (Å²) in [6.45, 7) is 6.33. The number of amides is 1. The summed E-state index contributed by atoms with van der Waals surface area (Å²) in [6, 6.07) is 8.18. The summed E-state index contributed by atoms with van der Waals surface area (Å²) in [6.07, 6.45) is 3.50. The Labute approximate surface area is 173 Å². The average Bonchev–Trinajstić information content (AvgIpc) is 3.25. The van der Waals surface area contributed by atoms with Crippen molar-refractivity contribution in [3.05, 3.63) is 45.8 Å². The maximum atomic E-state index is 12.2. The van der Waals surface area contributed by atoms with Crippen LogP contribution in [0.2, 0.25) is 0 Å². The molecule has 1 atom stereocenters. The lowest BCUT2D eigenvalue weighted by atomic mass is 9.90. The molecule has 0 saturated heterocycles. The number of benzene rings is 1. The van der Waals surface area contributed by atoms with E-state index in [4.69, 9.17) is 4.42 Å². The van der Waals surface area contributed by atoms with Gasteiger partial charge in [0.1, 0.15) is 0 Å². The van der Waals surface area contributed by atoms with Gasteiger partial charge in [0.15, 0.2) is 0 Å². The standard InChI is InChI=1S/C21H23N3O2S2/c1-12-4-5-17-15(7-12)10-18(28-17)20-23-24-21(26-20)27-11-19(25)22-16-8-13(2)6-14(3)9-16/h6,8-10,12H,4-5,7,11H2,1-3H3,(H,22,25)/t12-/m1/s1. The first kappa shape index (κ1) is 19.2. The largest absolute Gasteiger partial charge is 0.410 e. The zero-order valence-electron chi connectivity index (χ0n) is 16.2. The molecule has 28 heavy (non-hydrogen) atoms. The van der Waals surface area contributed by atoms with Crippen LogP contribution >= 0.6 is 23.1 Å². The molecule has 2 aromatic heterocycles. The summed E-state index contributed by atoms with van der Waals surface area (Å²) in [5.41, 5.74) is 4.47. The fraction of sp³-hybridized carbons (Fsp3) is 0.381. The number of nitrogens with zero attached hydrogens (tertiary/aromatic N) is 2. The molecule has 0 saturated carbocycles. The Morgan fingerprint density at radius 2 is 2.04 bits per heavy atom. The van der Waals surface area contributed by atoms with Gasteiger partial charge >= 0.3 is 0 Å². The molecule has 0 aliphatic heterocycles. The molecule has 1 amide bonds. The van der Waals surface area contributed by atoms with E-state index in [1.165, 1.54) is 28.6 Å². The lowest BCUT2D eigenvalue weighted by Crippen LogP contribution is -2.14. The van der Waals surface area contributed by atoms with E-state index in [0.29, 0.717) is 11.1 Å². The van der Waals surface area contributed by atoms with Crippen molar-refractivity contribution in [1.82, 2.24) is 10.2 Å². The molecule has 0 unspecified atom stereocenters. The second-order valence-corrected chi connectivity index (χ2v) is 9.56. The molecule has 146 valence electrons. The first-order chi connectivity index (χ1) is 13.5. The second kappa shape index (κ2) is 8.09. The monoisotopic (exact) mass is 413 g/mol. The van der Waals surface area contributed by atoms with Gasteiger partial charge in [-0.1, -0.05) is 24.8 Å². The van der Waals surface area contributed by atoms with Crippen LogP contribution in [0.3, 0.4) is 0 Å². The topological polar surface area (TPSA) is 68.0 Å². The van der Waals surface area contributed by atoms with Gasteiger partial charge < -0.3 is 9.73 Å². The van der Waals surface area contributed by atoms with E-state index in [-0.39, 0.29) is 11.7 Å². The van der Waals surface area contributed by atoms with E-state index in [1.807, 2.05) is 26.0 Å². The average molecular weight is 414 g/mol. The molecule has 0 fully saturated rings. The molecule has 0 bridgehead atoms. The van der Waals surface area contributed by atoms with E-state index in [9.17, 15) is 4.79 Å². The molecule has 1 aliphatic rings. The van der Waals surface area contributed by atoms with Crippen molar-refractivity contribution in [3.8, 4) is 10.8 Å². The zero-order chi connectivity index (χ0) is 19.7. The Hall–Kier alpha value is -2.12. The van der Waals surface area contributed by atoms with Crippen molar-refractivity contribution in [2.45, 2.75) is 45.3 Å². The number of aryl methyl sites for hydroxylation is 3. The minimum atomic E-state index is -0.0877. The van der Waals surface area contributed by atoms with Crippen molar-refractivity contribution in [2.24, 2.45) is 5.92 Å². The number of anilines is 1. The minimum absolute atomic E-state index is 0.0877. The summed E-state index contributed by atoms with van der Waals surface area (Å²) in [7, 11) is 0. The number of hydrogen-bond donors (Lipinski definition) is 1. The van der Waals surface area contributed by atoms with Crippen LogP contribution in [0.1, 0.15) is 34.9 Å². The Balaban J connectivity index is 1.36. The Bertz CT molecular complexity index is 989. The van der Waals surface area contributed by atoms with Gasteiger partial charge in [0.25, 0.3) is 11.1 Å². The Kier molecular flexibility index (Phi) is 5.55. The van der Waals surface area contributed by atoms with Gasteiger partial charge in [-0.25, -0.2) is 0 Å². The van der Waals surface area contributed by atoms with Crippen LogP contribution in [0.5, 0.6) is 0 Å². The van der Waals surface area contributed by atoms with Crippen LogP contribution in [0.4, 0.5) is 5.69 Å². The van der Waals surface area contributed by atoms with Gasteiger partial charge in [0.2, 0.25) is 5.91 Å². The Morgan fingerprint density at radius 3 is 2.82 bits per heavy atom. The molecule has 1 aromatic carbocycles. The predicted molar refractivity (Wildman–Crippen MR) is 114 cm³/mol. The predicted octanol–water partition coefficient (Wildman–Crippen LogP) is 5.27. The molecule has 0 radical (unpaired) electrons. The van der Waals surface area contributed by atoms with Gasteiger partial charge in [0, 0.05) is 10.6 Å². The highest BCUT2D eigenvalue weighted by Gasteiger charge is 2.21. The number of hydrogen-bond acceptors (Lipinski definition) is 6. The van der Waals surface area contributed by atoms with E-state index in [1.54, 1.807) is 11.3 Å². The van der Waals surface area contributed by atoms with Crippen LogP contribution in [0, 0.1) is 19.8 Å². The lowest BCUT2D eigenvalue weighted by molar-refractivity contribution is -0.113. The van der Waals surface area contributed by atoms with Gasteiger partial charge in [0.05, 0.1) is 10.6 Å². The van der Waals surface area contributed by atoms with Crippen LogP contribution in [-0.4, -0.2) is 21.9 Å². The number of carbonyl (C=O) groups excluding carboxylic acids is 1. The first-order valence-corrected chi connectivity index (χ1v) is 11.2. The van der Waals surface area contributed by atoms with Gasteiger partial charge in [-0.05, 0) is 73.9 Å². The summed E-state index contributed by atoms with van der Waals surface area (Å²) < 4.78 is 5.78. The third-order valence-electron chi connectivity index (χ3n) is 4.78. The third-order valence-corrected chi connectivity index (χ3v) is 6.82. The molecule has 4 rings (SSSR count). The van der Waals surface area contributed by atoms with Crippen molar-refractivity contribution in [2.75, 3.05) is 11.1 Å². The summed E-state index contributed by atoms with van der Waals surface area (Å²) in [5.74, 6) is 1.42. The quantitative estimate of drug-likeness (QED) is 0.577. The lowest BCUT2D eigenvalue weighted by Gasteiger charge is -2.16. The zero-order valence-corrected chi connectivity index (χ0v) is 17.9. The van der Waals surface area contributed by atoms with E-state index in [2.05, 4.69) is 34.6 Å². The fourth-order valence-electron chi connectivity index (χ4n) is 3.55. The summed E-state index contributed by atoms with van der Waals surface area (Å²) in [5, 5.41) is 11.6. The molecule has 1 N–H and O–H groups in total. The third kappa shape index (κ3) is 4.47. The molecule has 2 heterocycles. The van der Waals surface area contributed by atoms with Crippen molar-refractivity contribution in [3.63, 3.8) is 0 Å². The van der Waals surface area contributed by atoms with Gasteiger partial charge in [-0.15, -0.1) is 21.5 Å². The molecular weight excluding hydrogens is 390 g/mol. The molecule has 1 aliphatic carbocycles. The highest BCUT2D eigenvalue weighted by atomic mass is 32.2. The highest BCUT2D eigenvalue weighted by molar-refractivity contribution is 7.99. The van der Waals surface area contributed by atoms with Crippen LogP contribution in [-0.2, 0) is 17.6 Å². The van der Waals surface area contributed by atoms with Crippen molar-refractivity contribution in [1.29, 1.82) is 0 Å². The molecule has 0 spiro atoms. The maximum absolute atomic E-state index is 12.2. The number of thiophene rings is 1. The maximum Gasteiger partial charge on any atom is 0.277 e. The number of aromatic nitrogens is 2. The van der Waals surface area contributed by atoms with Crippen LogP contribution in [0.25, 0.3) is 10.8 Å². The molecular formula is C21H23N3O2S2. The second-order valence-electron chi connectivity index (χ2n) is 7.49. The number of rotatable bonds is 5. The summed E-state index contributed by atoms with van der Waals surface area (Å²) >= 11 is 3.01. The normalized spacial score (nSPS) is 16.0. The van der Waals surface area contributed by atoms with E-state index in [0.717, 1.165) is 40.5 Å². The minimum Gasteiger partial charge on any atom is -0.410 e. The number of carbonyl (C=O) groups is 1. The van der Waals surface area contributed by atoms with Gasteiger partial charge in [-0.3, -0.25) is 4.79 Å². The Morgan fingerprint density at radius 1 is 1.25 bits per heavy atom. The van der Waals surface area contributed by atoms with Crippen LogP contribution in [0.15, 0.2) is 33.9 Å². The number of fused-ring (bicyclic) bond motifs is 1. The molecule has 7 heteroatoms. The number of nitrogens with one attached hydrogen (secondary N) is 1. The first-order valence-electron chi connectivity index (χ1n) is 9.42. The van der Waals surface area contributed by atoms with Gasteiger partial charge in [-0.2, -0.15) is 0 Å². The summed E-state index contributed by atoms with van der Waals surface area (Å²) in [4.78, 5) is 14.7. The fourth-order valence-corrected chi connectivity index (χ4v) is 5.24. The van der Waals surface area contributed by atoms with Crippen molar-refractivity contribution >= 4 is 34.7 Å². The number of thioether (sulfide) groups is 1. The molecule has 3 aromatic rings. The van der Waals surface area contributed by atoms with E-state index < -0.39 is 0 Å².